The minimum Gasteiger partial charge on any atom is -0.378 e. The third-order valence-electron chi connectivity index (χ3n) is 10.2. The Labute approximate surface area is 263 Å². The van der Waals surface area contributed by atoms with Crippen molar-refractivity contribution in [2.45, 2.75) is 111 Å². The zero-order chi connectivity index (χ0) is 31.3. The van der Waals surface area contributed by atoms with Crippen LogP contribution in [0.1, 0.15) is 110 Å². The van der Waals surface area contributed by atoms with E-state index in [4.69, 9.17) is 9.05 Å². The van der Waals surface area contributed by atoms with Gasteiger partial charge in [-0.25, -0.2) is 0 Å². The Morgan fingerprint density at radius 2 is 1.21 bits per heavy atom. The monoisotopic (exact) mass is 610 g/mol. The van der Waals surface area contributed by atoms with Crippen LogP contribution in [0.15, 0.2) is 54.6 Å². The molecular formula is C37H59N2O3P. The van der Waals surface area contributed by atoms with E-state index in [-0.39, 0.29) is 18.2 Å². The zero-order valence-electron chi connectivity index (χ0n) is 28.3. The van der Waals surface area contributed by atoms with E-state index in [1.807, 2.05) is 20.2 Å². The van der Waals surface area contributed by atoms with Crippen LogP contribution in [-0.4, -0.2) is 26.3 Å². The van der Waals surface area contributed by atoms with Gasteiger partial charge in [0.1, 0.15) is 5.78 Å². The normalized spacial score (nSPS) is 29.3. The third-order valence-corrected chi connectivity index (χ3v) is 12.4. The van der Waals surface area contributed by atoms with Crippen LogP contribution in [0.3, 0.4) is 0 Å². The van der Waals surface area contributed by atoms with Gasteiger partial charge in [0.05, 0.1) is 12.2 Å². The number of rotatable bonds is 12. The highest BCUT2D eigenvalue weighted by Crippen LogP contribution is 2.65. The summed E-state index contributed by atoms with van der Waals surface area (Å²) in [5.74, 6) is 2.14. The van der Waals surface area contributed by atoms with E-state index >= 15 is 4.57 Å². The van der Waals surface area contributed by atoms with Crippen molar-refractivity contribution < 1.29 is 13.6 Å². The molecule has 8 unspecified atom stereocenters. The molecule has 4 rings (SSSR count). The Hall–Kier alpha value is -1.65. The molecule has 2 saturated carbocycles. The van der Waals surface area contributed by atoms with Gasteiger partial charge >= 0.3 is 7.60 Å². The minimum atomic E-state index is -3.73. The van der Waals surface area contributed by atoms with Crippen LogP contribution < -0.4 is 10.2 Å². The van der Waals surface area contributed by atoms with Crippen molar-refractivity contribution >= 4 is 13.3 Å². The van der Waals surface area contributed by atoms with Gasteiger partial charge in [0.2, 0.25) is 0 Å². The molecule has 0 aromatic heterocycles. The summed E-state index contributed by atoms with van der Waals surface area (Å²) in [5, 5.41) is 3.80. The van der Waals surface area contributed by atoms with E-state index < -0.39 is 13.4 Å². The molecule has 0 saturated heterocycles. The van der Waals surface area contributed by atoms with Crippen LogP contribution in [-0.2, 0) is 13.6 Å². The summed E-state index contributed by atoms with van der Waals surface area (Å²) in [6.45, 7) is 15.9. The van der Waals surface area contributed by atoms with Crippen molar-refractivity contribution in [3.05, 3.63) is 65.7 Å². The molecule has 43 heavy (non-hydrogen) atoms. The number of benzene rings is 2. The molecule has 2 aliphatic carbocycles. The van der Waals surface area contributed by atoms with Gasteiger partial charge in [0.15, 0.2) is 0 Å². The highest BCUT2D eigenvalue weighted by Gasteiger charge is 2.47. The maximum absolute atomic E-state index is 15.9. The number of hydrogen-bond acceptors (Lipinski definition) is 5. The Balaban J connectivity index is 1.80. The molecule has 1 N–H and O–H groups in total. The van der Waals surface area contributed by atoms with Crippen LogP contribution in [0.4, 0.5) is 5.69 Å². The fourth-order valence-electron chi connectivity index (χ4n) is 7.40. The lowest BCUT2D eigenvalue weighted by molar-refractivity contribution is -0.00718. The quantitative estimate of drug-likeness (QED) is 0.242. The molecule has 0 amide bonds. The average Bonchev–Trinajstić information content (AvgIpc) is 2.96. The van der Waals surface area contributed by atoms with Crippen molar-refractivity contribution in [2.75, 3.05) is 19.0 Å². The number of hydrogen-bond donors (Lipinski definition) is 1. The second-order valence-electron chi connectivity index (χ2n) is 14.7. The first-order chi connectivity index (χ1) is 20.4. The lowest BCUT2D eigenvalue weighted by Gasteiger charge is -2.44. The van der Waals surface area contributed by atoms with Crippen molar-refractivity contribution in [2.24, 2.45) is 35.5 Å². The Bertz CT molecular complexity index is 1130. The van der Waals surface area contributed by atoms with Gasteiger partial charge in [-0.05, 0) is 91.4 Å². The molecule has 0 bridgehead atoms. The van der Waals surface area contributed by atoms with Crippen LogP contribution >= 0.6 is 7.60 Å². The van der Waals surface area contributed by atoms with E-state index in [0.717, 1.165) is 42.5 Å². The summed E-state index contributed by atoms with van der Waals surface area (Å²) in [4.78, 5) is 2.10. The van der Waals surface area contributed by atoms with Crippen molar-refractivity contribution in [1.29, 1.82) is 0 Å². The summed E-state index contributed by atoms with van der Waals surface area (Å²) in [6.07, 6.45) is 6.26. The van der Waals surface area contributed by atoms with E-state index in [0.29, 0.717) is 35.5 Å². The number of nitrogens with one attached hydrogen (secondary N) is 1. The topological polar surface area (TPSA) is 50.8 Å². The molecule has 5 nitrogen and oxygen atoms in total. The smallest absolute Gasteiger partial charge is 0.352 e. The van der Waals surface area contributed by atoms with E-state index in [2.05, 4.69) is 107 Å². The van der Waals surface area contributed by atoms with Crippen molar-refractivity contribution in [3.63, 3.8) is 0 Å². The molecule has 0 radical (unpaired) electrons. The van der Waals surface area contributed by atoms with Crippen LogP contribution in [0, 0.1) is 35.5 Å². The van der Waals surface area contributed by atoms with E-state index in [9.17, 15) is 0 Å². The lowest BCUT2D eigenvalue weighted by atomic mass is 9.75. The van der Waals surface area contributed by atoms with Crippen molar-refractivity contribution in [1.82, 2.24) is 5.32 Å². The fraction of sp³-hybridized carbons (Fsp3) is 0.676. The molecule has 2 fully saturated rings. The van der Waals surface area contributed by atoms with Gasteiger partial charge in [-0.3, -0.25) is 9.88 Å². The summed E-state index contributed by atoms with van der Waals surface area (Å²) < 4.78 is 30.0. The minimum absolute atomic E-state index is 0.0439. The largest absolute Gasteiger partial charge is 0.378 e. The Morgan fingerprint density at radius 1 is 0.721 bits per heavy atom. The number of anilines is 1. The summed E-state index contributed by atoms with van der Waals surface area (Å²) in [6, 6.07) is 18.8. The second-order valence-corrected chi connectivity index (χ2v) is 16.7. The highest BCUT2D eigenvalue weighted by molar-refractivity contribution is 7.54. The Morgan fingerprint density at radius 3 is 1.65 bits per heavy atom. The van der Waals surface area contributed by atoms with Crippen LogP contribution in [0.2, 0.25) is 0 Å². The van der Waals surface area contributed by atoms with Gasteiger partial charge in [0, 0.05) is 25.8 Å². The second kappa shape index (κ2) is 15.1. The van der Waals surface area contributed by atoms with Crippen molar-refractivity contribution in [3.8, 4) is 0 Å². The lowest BCUT2D eigenvalue weighted by Crippen LogP contribution is -2.38. The molecule has 0 spiro atoms. The van der Waals surface area contributed by atoms with Gasteiger partial charge < -0.3 is 13.9 Å². The van der Waals surface area contributed by atoms with Gasteiger partial charge in [-0.1, -0.05) is 96.8 Å². The maximum atomic E-state index is 15.9. The molecule has 8 atom stereocenters. The van der Waals surface area contributed by atoms with Gasteiger partial charge in [-0.15, -0.1) is 0 Å². The van der Waals surface area contributed by atoms with Gasteiger partial charge in [-0.2, -0.15) is 0 Å². The van der Waals surface area contributed by atoms with Crippen LogP contribution in [0.5, 0.6) is 0 Å². The van der Waals surface area contributed by atoms with E-state index in [1.165, 1.54) is 12.8 Å². The highest BCUT2D eigenvalue weighted by atomic mass is 31.2. The maximum Gasteiger partial charge on any atom is 0.352 e. The zero-order valence-corrected chi connectivity index (χ0v) is 29.2. The summed E-state index contributed by atoms with van der Waals surface area (Å²) >= 11 is 0. The first-order valence-corrected chi connectivity index (χ1v) is 18.5. The third kappa shape index (κ3) is 8.75. The molecule has 240 valence electrons. The van der Waals surface area contributed by atoms with Crippen LogP contribution in [0.25, 0.3) is 0 Å². The van der Waals surface area contributed by atoms with Gasteiger partial charge in [0.25, 0.3) is 0 Å². The average molecular weight is 611 g/mol. The number of nitrogens with zero attached hydrogens (tertiary/aromatic N) is 1. The Kier molecular flexibility index (Phi) is 12.0. The SMILES string of the molecule is CC1CCC(C(C)C)C(OP(=O)(OC2CC(C)CCC2C(C)C)C(NC(C)c2ccccc2)c2ccc(N(C)C)cc2)C1. The fourth-order valence-corrected chi connectivity index (χ4v) is 9.87. The molecule has 0 heterocycles. The molecule has 2 aliphatic rings. The van der Waals surface area contributed by atoms with E-state index in [1.54, 1.807) is 0 Å². The first-order valence-electron chi connectivity index (χ1n) is 16.9. The molecule has 2 aromatic carbocycles. The summed E-state index contributed by atoms with van der Waals surface area (Å²) in [5.41, 5.74) is 3.21. The molecular weight excluding hydrogens is 551 g/mol. The molecule has 0 aliphatic heterocycles. The predicted molar refractivity (Wildman–Crippen MR) is 182 cm³/mol. The molecule has 2 aromatic rings. The predicted octanol–water partition coefficient (Wildman–Crippen LogP) is 10.2. The summed E-state index contributed by atoms with van der Waals surface area (Å²) in [7, 11) is 0.362. The molecule has 6 heteroatoms. The standard InChI is InChI=1S/C37H59N2O3P/c1-25(2)33-21-15-27(5)23-35(33)41-43(40,42-36-24-28(6)16-22-34(36)26(3)4)37(31-17-19-32(20-18-31)39(8)9)38-29(7)30-13-11-10-12-14-30/h10-14,17-20,25-29,33-38H,15-16,21-24H2,1-9H3. The first kappa shape index (κ1) is 34.2.